The first-order valence-electron chi connectivity index (χ1n) is 6.90. The molecule has 0 aromatic heterocycles. The molecular weight excluding hydrogens is 297 g/mol. The molecule has 1 aliphatic carbocycles. The predicted octanol–water partition coefficient (Wildman–Crippen LogP) is 4.14. The maximum absolute atomic E-state index is 11.1. The van der Waals surface area contributed by atoms with Crippen molar-refractivity contribution in [2.45, 2.75) is 32.2 Å². The molecular formula is C15H19Cl2NO2. The number of rotatable bonds is 5. The van der Waals surface area contributed by atoms with Crippen molar-refractivity contribution in [2.75, 3.05) is 6.54 Å². The third kappa shape index (κ3) is 3.66. The first kappa shape index (κ1) is 15.6. The van der Waals surface area contributed by atoms with E-state index in [1.54, 1.807) is 6.07 Å². The minimum atomic E-state index is -0.670. The van der Waals surface area contributed by atoms with E-state index in [2.05, 4.69) is 5.32 Å². The Morgan fingerprint density at radius 1 is 1.40 bits per heavy atom. The summed E-state index contributed by atoms with van der Waals surface area (Å²) in [5.74, 6) is -0.655. The first-order valence-corrected chi connectivity index (χ1v) is 7.65. The summed E-state index contributed by atoms with van der Waals surface area (Å²) in [4.78, 5) is 11.1. The van der Waals surface area contributed by atoms with Gasteiger partial charge >= 0.3 is 5.97 Å². The molecule has 2 rings (SSSR count). The predicted molar refractivity (Wildman–Crippen MR) is 81.3 cm³/mol. The van der Waals surface area contributed by atoms with Gasteiger partial charge in [-0.1, -0.05) is 35.7 Å². The molecule has 0 heterocycles. The highest BCUT2D eigenvalue weighted by Crippen LogP contribution is 2.32. The number of nitrogens with one attached hydrogen (secondary N) is 1. The molecule has 3 unspecified atom stereocenters. The zero-order valence-electron chi connectivity index (χ0n) is 11.4. The van der Waals surface area contributed by atoms with Crippen molar-refractivity contribution in [3.63, 3.8) is 0 Å². The van der Waals surface area contributed by atoms with Crippen LogP contribution in [-0.2, 0) is 4.79 Å². The molecule has 1 saturated carbocycles. The SMILES string of the molecule is CC(NCC1CCCC1C(=O)O)c1ccc(Cl)c(Cl)c1. The standard InChI is InChI=1S/C15H19Cl2NO2/c1-9(10-5-6-13(16)14(17)7-10)18-8-11-3-2-4-12(11)15(19)20/h5-7,9,11-12,18H,2-4,8H2,1H3,(H,19,20). The number of benzene rings is 1. The molecule has 0 aliphatic heterocycles. The minimum Gasteiger partial charge on any atom is -0.481 e. The Bertz CT molecular complexity index is 493. The summed E-state index contributed by atoms with van der Waals surface area (Å²) in [5.41, 5.74) is 1.06. The van der Waals surface area contributed by atoms with Crippen LogP contribution in [0.2, 0.25) is 10.0 Å². The minimum absolute atomic E-state index is 0.125. The van der Waals surface area contributed by atoms with Crippen molar-refractivity contribution in [3.8, 4) is 0 Å². The van der Waals surface area contributed by atoms with Crippen LogP contribution in [0.5, 0.6) is 0 Å². The van der Waals surface area contributed by atoms with Gasteiger partial charge in [0.05, 0.1) is 16.0 Å². The van der Waals surface area contributed by atoms with E-state index < -0.39 is 5.97 Å². The van der Waals surface area contributed by atoms with Gasteiger partial charge in [0.25, 0.3) is 0 Å². The van der Waals surface area contributed by atoms with Gasteiger partial charge in [0.15, 0.2) is 0 Å². The number of halogens is 2. The Labute approximate surface area is 129 Å². The Morgan fingerprint density at radius 3 is 2.80 bits per heavy atom. The van der Waals surface area contributed by atoms with Crippen LogP contribution in [0, 0.1) is 11.8 Å². The molecule has 1 aromatic rings. The quantitative estimate of drug-likeness (QED) is 0.858. The van der Waals surface area contributed by atoms with Gasteiger partial charge in [-0.05, 0) is 49.9 Å². The van der Waals surface area contributed by atoms with E-state index in [9.17, 15) is 9.90 Å². The number of aliphatic carboxylic acids is 1. The average Bonchev–Trinajstić information content (AvgIpc) is 2.87. The largest absolute Gasteiger partial charge is 0.481 e. The number of carboxylic acid groups (broad SMARTS) is 1. The Hall–Kier alpha value is -0.770. The summed E-state index contributed by atoms with van der Waals surface area (Å²) in [6.45, 7) is 2.77. The van der Waals surface area contributed by atoms with E-state index in [0.29, 0.717) is 10.0 Å². The van der Waals surface area contributed by atoms with Crippen molar-refractivity contribution in [2.24, 2.45) is 11.8 Å². The lowest BCUT2D eigenvalue weighted by Crippen LogP contribution is -2.30. The summed E-state index contributed by atoms with van der Waals surface area (Å²) in [6, 6.07) is 5.70. The molecule has 20 heavy (non-hydrogen) atoms. The summed E-state index contributed by atoms with van der Waals surface area (Å²) in [6.07, 6.45) is 2.78. The molecule has 0 saturated heterocycles. The van der Waals surface area contributed by atoms with E-state index in [0.717, 1.165) is 31.4 Å². The topological polar surface area (TPSA) is 49.3 Å². The van der Waals surface area contributed by atoms with E-state index >= 15 is 0 Å². The number of carboxylic acids is 1. The highest BCUT2D eigenvalue weighted by atomic mass is 35.5. The zero-order chi connectivity index (χ0) is 14.7. The number of carbonyl (C=O) groups is 1. The molecule has 2 N–H and O–H groups in total. The molecule has 3 nitrogen and oxygen atoms in total. The van der Waals surface area contributed by atoms with Gasteiger partial charge in [-0.25, -0.2) is 0 Å². The molecule has 0 amide bonds. The molecule has 110 valence electrons. The average molecular weight is 316 g/mol. The Kier molecular flexibility index (Phi) is 5.30. The molecule has 0 bridgehead atoms. The van der Waals surface area contributed by atoms with E-state index in [4.69, 9.17) is 23.2 Å². The molecule has 1 aliphatic rings. The van der Waals surface area contributed by atoms with Crippen LogP contribution < -0.4 is 5.32 Å². The van der Waals surface area contributed by atoms with Gasteiger partial charge in [-0.3, -0.25) is 4.79 Å². The zero-order valence-corrected chi connectivity index (χ0v) is 12.9. The van der Waals surface area contributed by atoms with Crippen LogP contribution in [-0.4, -0.2) is 17.6 Å². The Balaban J connectivity index is 1.93. The third-order valence-electron chi connectivity index (χ3n) is 4.11. The summed E-state index contributed by atoms with van der Waals surface area (Å²) >= 11 is 11.9. The van der Waals surface area contributed by atoms with E-state index in [1.165, 1.54) is 0 Å². The van der Waals surface area contributed by atoms with Gasteiger partial charge in [0.1, 0.15) is 0 Å². The van der Waals surface area contributed by atoms with Crippen LogP contribution in [0.25, 0.3) is 0 Å². The lowest BCUT2D eigenvalue weighted by molar-refractivity contribution is -0.142. The molecule has 0 spiro atoms. The second kappa shape index (κ2) is 6.79. The fraction of sp³-hybridized carbons (Fsp3) is 0.533. The van der Waals surface area contributed by atoms with E-state index in [-0.39, 0.29) is 17.9 Å². The van der Waals surface area contributed by atoms with Crippen LogP contribution >= 0.6 is 23.2 Å². The highest BCUT2D eigenvalue weighted by Gasteiger charge is 2.32. The highest BCUT2D eigenvalue weighted by molar-refractivity contribution is 6.42. The molecule has 5 heteroatoms. The van der Waals surface area contributed by atoms with E-state index in [1.807, 2.05) is 19.1 Å². The normalized spacial score (nSPS) is 23.8. The van der Waals surface area contributed by atoms with Gasteiger partial charge in [0.2, 0.25) is 0 Å². The van der Waals surface area contributed by atoms with Crippen LogP contribution in [0.3, 0.4) is 0 Å². The number of hydrogen-bond donors (Lipinski definition) is 2. The van der Waals surface area contributed by atoms with Gasteiger partial charge in [-0.2, -0.15) is 0 Å². The Morgan fingerprint density at radius 2 is 2.15 bits per heavy atom. The van der Waals surface area contributed by atoms with Crippen molar-refractivity contribution >= 4 is 29.2 Å². The second-order valence-corrected chi connectivity index (χ2v) is 6.25. The first-order chi connectivity index (χ1) is 9.49. The number of hydrogen-bond acceptors (Lipinski definition) is 2. The summed E-state index contributed by atoms with van der Waals surface area (Å²) in [7, 11) is 0. The van der Waals surface area contributed by atoms with Crippen molar-refractivity contribution in [3.05, 3.63) is 33.8 Å². The van der Waals surface area contributed by atoms with Crippen LogP contribution in [0.1, 0.15) is 37.8 Å². The van der Waals surface area contributed by atoms with Gasteiger partial charge in [-0.15, -0.1) is 0 Å². The van der Waals surface area contributed by atoms with Crippen molar-refractivity contribution < 1.29 is 9.90 Å². The van der Waals surface area contributed by atoms with Crippen molar-refractivity contribution in [1.29, 1.82) is 0 Å². The smallest absolute Gasteiger partial charge is 0.306 e. The lowest BCUT2D eigenvalue weighted by Gasteiger charge is -2.20. The fourth-order valence-corrected chi connectivity index (χ4v) is 3.14. The molecule has 1 aromatic carbocycles. The fourth-order valence-electron chi connectivity index (χ4n) is 2.83. The maximum Gasteiger partial charge on any atom is 0.306 e. The summed E-state index contributed by atoms with van der Waals surface area (Å²) in [5, 5.41) is 13.7. The molecule has 1 fully saturated rings. The second-order valence-electron chi connectivity index (χ2n) is 5.44. The van der Waals surface area contributed by atoms with Crippen LogP contribution in [0.4, 0.5) is 0 Å². The van der Waals surface area contributed by atoms with Gasteiger partial charge in [0, 0.05) is 6.04 Å². The third-order valence-corrected chi connectivity index (χ3v) is 4.85. The molecule has 0 radical (unpaired) electrons. The maximum atomic E-state index is 11.1. The van der Waals surface area contributed by atoms with Crippen molar-refractivity contribution in [1.82, 2.24) is 5.32 Å². The van der Waals surface area contributed by atoms with Crippen LogP contribution in [0.15, 0.2) is 18.2 Å². The monoisotopic (exact) mass is 315 g/mol. The summed E-state index contributed by atoms with van der Waals surface area (Å²) < 4.78 is 0. The molecule has 3 atom stereocenters. The lowest BCUT2D eigenvalue weighted by atomic mass is 9.95. The van der Waals surface area contributed by atoms with Gasteiger partial charge < -0.3 is 10.4 Å².